The number of nitrogens with zero attached hydrogens (tertiary/aromatic N) is 1. The molecule has 202 valence electrons. The van der Waals surface area contributed by atoms with Crippen LogP contribution in [0.25, 0.3) is 23.1 Å². The molecule has 0 amide bonds. The van der Waals surface area contributed by atoms with E-state index in [2.05, 4.69) is 4.98 Å². The second kappa shape index (κ2) is 11.6. The van der Waals surface area contributed by atoms with Crippen LogP contribution in [0.1, 0.15) is 41.5 Å². The summed E-state index contributed by atoms with van der Waals surface area (Å²) in [6.07, 6.45) is 3.60. The van der Waals surface area contributed by atoms with Gasteiger partial charge in [0.15, 0.2) is 9.84 Å². The third kappa shape index (κ3) is 7.23. The SMILES string of the molecule is CC(C)(O)c1ccccc1OCC(c1cccc(/C=C/c2ccc3ccc(Cl)cc3n2)c1)S(=O)(=O)CC(=O)O. The minimum atomic E-state index is -4.14. The van der Waals surface area contributed by atoms with Crippen LogP contribution in [-0.2, 0) is 20.2 Å². The number of aliphatic carboxylic acids is 1. The van der Waals surface area contributed by atoms with Crippen LogP contribution >= 0.6 is 11.6 Å². The Bertz CT molecular complexity index is 1640. The molecule has 39 heavy (non-hydrogen) atoms. The van der Waals surface area contributed by atoms with E-state index in [0.29, 0.717) is 33.2 Å². The standard InChI is InChI=1S/C30H28ClNO6S/c1-30(2,35)25-8-3-4-9-27(25)38-18-28(39(36,37)19-29(33)34)22-7-5-6-20(16-22)10-14-24-15-12-21-11-13-23(31)17-26(21)32-24/h3-17,28,35H,18-19H2,1-2H3,(H,33,34)/b14-10+. The molecule has 0 fully saturated rings. The summed E-state index contributed by atoms with van der Waals surface area (Å²) in [4.78, 5) is 16.0. The number of aliphatic hydroxyl groups is 1. The number of fused-ring (bicyclic) bond motifs is 1. The Morgan fingerprint density at radius 3 is 2.51 bits per heavy atom. The first-order valence-electron chi connectivity index (χ1n) is 12.1. The minimum Gasteiger partial charge on any atom is -0.491 e. The molecule has 9 heteroatoms. The van der Waals surface area contributed by atoms with Crippen molar-refractivity contribution in [1.82, 2.24) is 4.98 Å². The van der Waals surface area contributed by atoms with Gasteiger partial charge in [0.1, 0.15) is 23.4 Å². The molecule has 0 bridgehead atoms. The van der Waals surface area contributed by atoms with Crippen molar-refractivity contribution >= 4 is 50.5 Å². The van der Waals surface area contributed by atoms with E-state index in [1.54, 1.807) is 80.6 Å². The zero-order chi connectivity index (χ0) is 28.2. The number of halogens is 1. The normalized spacial score (nSPS) is 13.0. The minimum absolute atomic E-state index is 0.319. The molecule has 1 unspecified atom stereocenters. The molecule has 0 radical (unpaired) electrons. The zero-order valence-electron chi connectivity index (χ0n) is 21.4. The number of benzene rings is 3. The highest BCUT2D eigenvalue weighted by Crippen LogP contribution is 2.32. The van der Waals surface area contributed by atoms with Gasteiger partial charge in [-0.25, -0.2) is 13.4 Å². The number of hydrogen-bond acceptors (Lipinski definition) is 6. The van der Waals surface area contributed by atoms with E-state index in [1.807, 2.05) is 24.3 Å². The van der Waals surface area contributed by atoms with Gasteiger partial charge in [-0.05, 0) is 55.3 Å². The first-order valence-corrected chi connectivity index (χ1v) is 14.2. The van der Waals surface area contributed by atoms with Crippen LogP contribution in [0.15, 0.2) is 78.9 Å². The second-order valence-electron chi connectivity index (χ2n) is 9.63. The Balaban J connectivity index is 1.64. The molecule has 0 aliphatic rings. The van der Waals surface area contributed by atoms with E-state index in [1.165, 1.54) is 0 Å². The van der Waals surface area contributed by atoms with Gasteiger partial charge in [0.2, 0.25) is 0 Å². The number of para-hydroxylation sites is 1. The van der Waals surface area contributed by atoms with E-state index < -0.39 is 32.4 Å². The summed E-state index contributed by atoms with van der Waals surface area (Å²) in [5, 5.41) is 20.0. The quantitative estimate of drug-likeness (QED) is 0.246. The summed E-state index contributed by atoms with van der Waals surface area (Å²) in [5.41, 5.74) is 1.79. The number of aromatic nitrogens is 1. The van der Waals surface area contributed by atoms with Crippen LogP contribution < -0.4 is 4.74 Å². The third-order valence-electron chi connectivity index (χ3n) is 6.10. The fourth-order valence-electron chi connectivity index (χ4n) is 4.19. The van der Waals surface area contributed by atoms with Gasteiger partial charge in [0.25, 0.3) is 0 Å². The molecule has 4 aromatic rings. The number of hydrogen-bond donors (Lipinski definition) is 2. The predicted molar refractivity (Wildman–Crippen MR) is 153 cm³/mol. The van der Waals surface area contributed by atoms with Crippen molar-refractivity contribution in [3.05, 3.63) is 106 Å². The zero-order valence-corrected chi connectivity index (χ0v) is 23.0. The number of carboxylic acids is 1. The molecule has 0 saturated heterocycles. The maximum atomic E-state index is 13.1. The summed E-state index contributed by atoms with van der Waals surface area (Å²) < 4.78 is 32.2. The number of rotatable bonds is 10. The van der Waals surface area contributed by atoms with Crippen molar-refractivity contribution < 1.29 is 28.2 Å². The van der Waals surface area contributed by atoms with Gasteiger partial charge in [-0.2, -0.15) is 0 Å². The maximum absolute atomic E-state index is 13.1. The molecular weight excluding hydrogens is 538 g/mol. The fraction of sp³-hybridized carbons (Fsp3) is 0.200. The molecule has 4 rings (SSSR count). The predicted octanol–water partition coefficient (Wildman–Crippen LogP) is 5.91. The van der Waals surface area contributed by atoms with Crippen molar-refractivity contribution in [2.75, 3.05) is 12.4 Å². The van der Waals surface area contributed by atoms with Gasteiger partial charge in [-0.3, -0.25) is 4.79 Å². The smallest absolute Gasteiger partial charge is 0.318 e. The molecule has 0 spiro atoms. The van der Waals surface area contributed by atoms with Gasteiger partial charge in [-0.15, -0.1) is 0 Å². The van der Waals surface area contributed by atoms with Crippen LogP contribution in [0, 0.1) is 0 Å². The number of carbonyl (C=O) groups is 1. The summed E-state index contributed by atoms with van der Waals surface area (Å²) >= 11 is 6.09. The van der Waals surface area contributed by atoms with E-state index in [0.717, 1.165) is 10.9 Å². The fourth-order valence-corrected chi connectivity index (χ4v) is 5.74. The molecule has 1 aromatic heterocycles. The van der Waals surface area contributed by atoms with Gasteiger partial charge < -0.3 is 14.9 Å². The molecule has 0 aliphatic carbocycles. The lowest BCUT2D eigenvalue weighted by Gasteiger charge is -2.24. The lowest BCUT2D eigenvalue weighted by atomic mass is 9.97. The second-order valence-corrected chi connectivity index (χ2v) is 12.3. The van der Waals surface area contributed by atoms with Crippen LogP contribution in [-0.4, -0.2) is 41.9 Å². The van der Waals surface area contributed by atoms with Crippen molar-refractivity contribution in [3.63, 3.8) is 0 Å². The van der Waals surface area contributed by atoms with Gasteiger partial charge in [0, 0.05) is 16.0 Å². The van der Waals surface area contributed by atoms with Crippen LogP contribution in [0.2, 0.25) is 5.02 Å². The average molecular weight is 566 g/mol. The van der Waals surface area contributed by atoms with E-state index in [4.69, 9.17) is 16.3 Å². The lowest BCUT2D eigenvalue weighted by molar-refractivity contribution is -0.134. The Kier molecular flexibility index (Phi) is 8.39. The molecule has 0 aliphatic heterocycles. The summed E-state index contributed by atoms with van der Waals surface area (Å²) in [7, 11) is -4.14. The Labute approximate surface area is 232 Å². The number of pyridine rings is 1. The first kappa shape index (κ1) is 28.3. The largest absolute Gasteiger partial charge is 0.491 e. The van der Waals surface area contributed by atoms with Gasteiger partial charge in [-0.1, -0.05) is 72.3 Å². The Hall–Kier alpha value is -3.72. The molecule has 7 nitrogen and oxygen atoms in total. The van der Waals surface area contributed by atoms with E-state index >= 15 is 0 Å². The monoisotopic (exact) mass is 565 g/mol. The summed E-state index contributed by atoms with van der Waals surface area (Å²) in [6, 6.07) is 22.9. The molecule has 2 N–H and O–H groups in total. The van der Waals surface area contributed by atoms with Crippen LogP contribution in [0.4, 0.5) is 0 Å². The van der Waals surface area contributed by atoms with Gasteiger partial charge in [0.05, 0.1) is 16.8 Å². The summed E-state index contributed by atoms with van der Waals surface area (Å²) in [5.74, 6) is -2.17. The van der Waals surface area contributed by atoms with Crippen molar-refractivity contribution in [2.24, 2.45) is 0 Å². The molecule has 1 atom stereocenters. The van der Waals surface area contributed by atoms with Crippen molar-refractivity contribution in [2.45, 2.75) is 24.7 Å². The molecule has 1 heterocycles. The molecule has 3 aromatic carbocycles. The van der Waals surface area contributed by atoms with Crippen LogP contribution in [0.3, 0.4) is 0 Å². The topological polar surface area (TPSA) is 114 Å². The first-order chi connectivity index (χ1) is 18.4. The highest BCUT2D eigenvalue weighted by Gasteiger charge is 2.31. The average Bonchev–Trinajstić information content (AvgIpc) is 2.86. The van der Waals surface area contributed by atoms with Gasteiger partial charge >= 0.3 is 5.97 Å². The highest BCUT2D eigenvalue weighted by molar-refractivity contribution is 7.92. The molecule has 0 saturated carbocycles. The maximum Gasteiger partial charge on any atom is 0.318 e. The number of carboxylic acid groups (broad SMARTS) is 1. The van der Waals surface area contributed by atoms with E-state index in [9.17, 15) is 23.4 Å². The van der Waals surface area contributed by atoms with E-state index in [-0.39, 0.29) is 6.61 Å². The third-order valence-corrected chi connectivity index (χ3v) is 8.26. The Morgan fingerprint density at radius 2 is 1.77 bits per heavy atom. The van der Waals surface area contributed by atoms with Crippen molar-refractivity contribution in [3.8, 4) is 5.75 Å². The van der Waals surface area contributed by atoms with Crippen LogP contribution in [0.5, 0.6) is 5.75 Å². The number of sulfone groups is 1. The lowest BCUT2D eigenvalue weighted by Crippen LogP contribution is -2.27. The summed E-state index contributed by atoms with van der Waals surface area (Å²) in [6.45, 7) is 2.87. The number of ether oxygens (including phenoxy) is 1. The van der Waals surface area contributed by atoms with Crippen molar-refractivity contribution in [1.29, 1.82) is 0 Å². The molecular formula is C30H28ClNO6S. The Morgan fingerprint density at radius 1 is 1.03 bits per heavy atom. The highest BCUT2D eigenvalue weighted by atomic mass is 35.5.